The summed E-state index contributed by atoms with van der Waals surface area (Å²) in [4.78, 5) is 4.26. The molecule has 1 atom stereocenters. The van der Waals surface area contributed by atoms with Gasteiger partial charge in [-0.05, 0) is 43.7 Å². The lowest BCUT2D eigenvalue weighted by Crippen LogP contribution is -2.06. The molecule has 0 spiro atoms. The molecule has 2 aromatic rings. The Balaban J connectivity index is 2.21. The highest BCUT2D eigenvalue weighted by molar-refractivity contribution is 9.10. The first-order chi connectivity index (χ1) is 8.56. The number of aryl methyl sites for hydroxylation is 1. The lowest BCUT2D eigenvalue weighted by molar-refractivity contribution is 0.475. The summed E-state index contributed by atoms with van der Waals surface area (Å²) in [7, 11) is 0. The third kappa shape index (κ3) is 3.09. The number of aromatic nitrogens is 1. The highest BCUT2D eigenvalue weighted by Crippen LogP contribution is 2.27. The molecule has 0 aliphatic carbocycles. The Bertz CT molecular complexity index is 538. The maximum absolute atomic E-state index is 5.79. The van der Waals surface area contributed by atoms with Crippen molar-refractivity contribution in [2.24, 2.45) is 5.73 Å². The van der Waals surface area contributed by atoms with E-state index in [1.807, 2.05) is 44.2 Å². The van der Waals surface area contributed by atoms with Gasteiger partial charge in [0.15, 0.2) is 0 Å². The van der Waals surface area contributed by atoms with Gasteiger partial charge in [-0.15, -0.1) is 0 Å². The molecular formula is C14H15BrN2O. The van der Waals surface area contributed by atoms with Crippen LogP contribution in [0.3, 0.4) is 0 Å². The first-order valence-corrected chi connectivity index (χ1v) is 6.51. The van der Waals surface area contributed by atoms with Crippen molar-refractivity contribution in [2.75, 3.05) is 0 Å². The zero-order valence-electron chi connectivity index (χ0n) is 10.4. The van der Waals surface area contributed by atoms with Crippen LogP contribution in [-0.2, 0) is 0 Å². The van der Waals surface area contributed by atoms with E-state index in [4.69, 9.17) is 10.5 Å². The largest absolute Gasteiger partial charge is 0.455 e. The third-order valence-electron chi connectivity index (χ3n) is 2.60. The van der Waals surface area contributed by atoms with Crippen LogP contribution in [0, 0.1) is 6.92 Å². The molecule has 1 heterocycles. The average molecular weight is 307 g/mol. The van der Waals surface area contributed by atoms with Crippen LogP contribution in [0.2, 0.25) is 0 Å². The summed E-state index contributed by atoms with van der Waals surface area (Å²) < 4.78 is 6.78. The fraction of sp³-hybridized carbons (Fsp3) is 0.214. The maximum Gasteiger partial charge on any atom is 0.145 e. The minimum Gasteiger partial charge on any atom is -0.455 e. The normalized spacial score (nSPS) is 12.2. The molecule has 18 heavy (non-hydrogen) atoms. The fourth-order valence-electron chi connectivity index (χ4n) is 1.53. The van der Waals surface area contributed by atoms with E-state index in [1.54, 1.807) is 6.20 Å². The van der Waals surface area contributed by atoms with Crippen molar-refractivity contribution in [1.29, 1.82) is 0 Å². The van der Waals surface area contributed by atoms with E-state index in [0.29, 0.717) is 5.75 Å². The summed E-state index contributed by atoms with van der Waals surface area (Å²) >= 11 is 3.43. The second-order valence-corrected chi connectivity index (χ2v) is 5.13. The number of hydrogen-bond donors (Lipinski definition) is 1. The Kier molecular flexibility index (Phi) is 3.99. The molecule has 2 rings (SSSR count). The number of halogens is 1. The Morgan fingerprint density at radius 3 is 2.67 bits per heavy atom. The Labute approximate surface area is 115 Å². The van der Waals surface area contributed by atoms with Crippen molar-refractivity contribution in [3.63, 3.8) is 0 Å². The highest BCUT2D eigenvalue weighted by atomic mass is 79.9. The van der Waals surface area contributed by atoms with Gasteiger partial charge in [0.2, 0.25) is 0 Å². The van der Waals surface area contributed by atoms with Crippen LogP contribution < -0.4 is 10.5 Å². The van der Waals surface area contributed by atoms with E-state index >= 15 is 0 Å². The molecule has 1 aromatic carbocycles. The first kappa shape index (κ1) is 13.1. The van der Waals surface area contributed by atoms with E-state index < -0.39 is 0 Å². The topological polar surface area (TPSA) is 48.1 Å². The second kappa shape index (κ2) is 5.50. The van der Waals surface area contributed by atoms with Gasteiger partial charge in [-0.2, -0.15) is 0 Å². The number of rotatable bonds is 3. The van der Waals surface area contributed by atoms with Gasteiger partial charge >= 0.3 is 0 Å². The Morgan fingerprint density at radius 1 is 1.28 bits per heavy atom. The van der Waals surface area contributed by atoms with Gasteiger partial charge in [0, 0.05) is 10.5 Å². The molecule has 0 saturated heterocycles. The molecule has 0 bridgehead atoms. The average Bonchev–Trinajstić information content (AvgIpc) is 2.34. The first-order valence-electron chi connectivity index (χ1n) is 5.72. The van der Waals surface area contributed by atoms with E-state index in [0.717, 1.165) is 21.5 Å². The lowest BCUT2D eigenvalue weighted by Gasteiger charge is -2.10. The molecule has 0 saturated carbocycles. The maximum atomic E-state index is 5.79. The number of nitrogens with two attached hydrogens (primary N) is 1. The van der Waals surface area contributed by atoms with Crippen LogP contribution in [0.25, 0.3) is 0 Å². The minimum absolute atomic E-state index is 0.0633. The number of benzene rings is 1. The summed E-state index contributed by atoms with van der Waals surface area (Å²) in [6.45, 7) is 3.91. The second-order valence-electron chi connectivity index (χ2n) is 4.22. The van der Waals surface area contributed by atoms with E-state index in [1.165, 1.54) is 0 Å². The minimum atomic E-state index is -0.0633. The van der Waals surface area contributed by atoms with E-state index in [2.05, 4.69) is 20.9 Å². The van der Waals surface area contributed by atoms with E-state index in [9.17, 15) is 0 Å². The van der Waals surface area contributed by atoms with Crippen molar-refractivity contribution in [2.45, 2.75) is 19.9 Å². The molecule has 0 fully saturated rings. The summed E-state index contributed by atoms with van der Waals surface area (Å²) in [5.41, 5.74) is 7.68. The standard InChI is InChI=1S/C14H15BrN2O/c1-9-3-4-11(15)7-14(9)18-12-5-6-13(10(2)16)17-8-12/h3-8,10H,16H2,1-2H3/t10-/m0/s1. The van der Waals surface area contributed by atoms with Crippen LogP contribution >= 0.6 is 15.9 Å². The number of nitrogens with zero attached hydrogens (tertiary/aromatic N) is 1. The van der Waals surface area contributed by atoms with Crippen LogP contribution in [0.4, 0.5) is 0 Å². The number of pyridine rings is 1. The molecule has 4 heteroatoms. The quantitative estimate of drug-likeness (QED) is 0.933. The highest BCUT2D eigenvalue weighted by Gasteiger charge is 2.04. The third-order valence-corrected chi connectivity index (χ3v) is 3.10. The van der Waals surface area contributed by atoms with Gasteiger partial charge in [0.05, 0.1) is 11.9 Å². The summed E-state index contributed by atoms with van der Waals surface area (Å²) in [5, 5.41) is 0. The summed E-state index contributed by atoms with van der Waals surface area (Å²) in [6.07, 6.45) is 1.69. The molecule has 94 valence electrons. The van der Waals surface area contributed by atoms with Gasteiger partial charge in [-0.1, -0.05) is 22.0 Å². The van der Waals surface area contributed by atoms with Gasteiger partial charge < -0.3 is 10.5 Å². The molecule has 0 aliphatic rings. The zero-order chi connectivity index (χ0) is 13.1. The Morgan fingerprint density at radius 2 is 2.06 bits per heavy atom. The Hall–Kier alpha value is -1.39. The van der Waals surface area contributed by atoms with Crippen LogP contribution in [0.5, 0.6) is 11.5 Å². The van der Waals surface area contributed by atoms with Crippen molar-refractivity contribution in [3.8, 4) is 11.5 Å². The lowest BCUT2D eigenvalue weighted by atomic mass is 10.2. The SMILES string of the molecule is Cc1ccc(Br)cc1Oc1ccc([C@H](C)N)nc1. The van der Waals surface area contributed by atoms with Gasteiger partial charge in [-0.3, -0.25) is 4.98 Å². The predicted molar refractivity (Wildman–Crippen MR) is 75.8 cm³/mol. The fourth-order valence-corrected chi connectivity index (χ4v) is 1.87. The summed E-state index contributed by atoms with van der Waals surface area (Å²) in [6, 6.07) is 9.63. The van der Waals surface area contributed by atoms with Crippen LogP contribution in [0.15, 0.2) is 41.0 Å². The molecule has 0 unspecified atom stereocenters. The molecule has 0 amide bonds. The van der Waals surface area contributed by atoms with E-state index in [-0.39, 0.29) is 6.04 Å². The summed E-state index contributed by atoms with van der Waals surface area (Å²) in [5.74, 6) is 1.53. The molecule has 1 aromatic heterocycles. The monoisotopic (exact) mass is 306 g/mol. The number of ether oxygens (including phenoxy) is 1. The van der Waals surface area contributed by atoms with Gasteiger partial charge in [0.1, 0.15) is 11.5 Å². The molecule has 2 N–H and O–H groups in total. The van der Waals surface area contributed by atoms with Gasteiger partial charge in [0.25, 0.3) is 0 Å². The molecular weight excluding hydrogens is 292 g/mol. The smallest absolute Gasteiger partial charge is 0.145 e. The molecule has 0 radical (unpaired) electrons. The van der Waals surface area contributed by atoms with Gasteiger partial charge in [-0.25, -0.2) is 0 Å². The number of hydrogen-bond acceptors (Lipinski definition) is 3. The van der Waals surface area contributed by atoms with Crippen molar-refractivity contribution >= 4 is 15.9 Å². The molecule has 3 nitrogen and oxygen atoms in total. The van der Waals surface area contributed by atoms with Crippen molar-refractivity contribution in [3.05, 3.63) is 52.3 Å². The predicted octanol–water partition coefficient (Wildman–Crippen LogP) is 3.96. The van der Waals surface area contributed by atoms with Crippen molar-refractivity contribution in [1.82, 2.24) is 4.98 Å². The molecule has 0 aliphatic heterocycles. The van der Waals surface area contributed by atoms with Crippen LogP contribution in [0.1, 0.15) is 24.2 Å². The van der Waals surface area contributed by atoms with Crippen molar-refractivity contribution < 1.29 is 4.74 Å². The zero-order valence-corrected chi connectivity index (χ0v) is 11.9. The van der Waals surface area contributed by atoms with Crippen LogP contribution in [-0.4, -0.2) is 4.98 Å².